The molecule has 0 amide bonds. The summed E-state index contributed by atoms with van der Waals surface area (Å²) in [6, 6.07) is 4.25. The topological polar surface area (TPSA) is 62.3 Å². The van der Waals surface area contributed by atoms with Crippen LogP contribution in [0.25, 0.3) is 11.1 Å². The van der Waals surface area contributed by atoms with Crippen molar-refractivity contribution >= 4 is 0 Å². The fourth-order valence-electron chi connectivity index (χ4n) is 1.93. The van der Waals surface area contributed by atoms with Gasteiger partial charge in [-0.3, -0.25) is 4.68 Å². The van der Waals surface area contributed by atoms with Gasteiger partial charge >= 0.3 is 6.36 Å². The first kappa shape index (κ1) is 16.2. The van der Waals surface area contributed by atoms with Crippen LogP contribution in [-0.4, -0.2) is 29.3 Å². The Hall–Kier alpha value is -2.22. The third-order valence-corrected chi connectivity index (χ3v) is 2.79. The van der Waals surface area contributed by atoms with Gasteiger partial charge in [-0.05, 0) is 24.6 Å². The number of hydrogen-bond acceptors (Lipinski definition) is 4. The summed E-state index contributed by atoms with van der Waals surface area (Å²) >= 11 is 0. The number of aromatic nitrogens is 2. The van der Waals surface area contributed by atoms with E-state index in [-0.39, 0.29) is 18.1 Å². The predicted octanol–water partition coefficient (Wildman–Crippen LogP) is 2.81. The van der Waals surface area contributed by atoms with Crippen molar-refractivity contribution in [2.45, 2.75) is 19.8 Å². The lowest BCUT2D eigenvalue weighted by molar-refractivity contribution is -0.275. The molecule has 0 aliphatic rings. The van der Waals surface area contributed by atoms with Gasteiger partial charge in [0, 0.05) is 18.3 Å². The molecule has 0 fully saturated rings. The first-order chi connectivity index (χ1) is 10.4. The molecule has 0 saturated carbocycles. The van der Waals surface area contributed by atoms with E-state index in [0.717, 1.165) is 5.56 Å². The molecule has 2 aromatic rings. The smallest absolute Gasteiger partial charge is 0.490 e. The minimum atomic E-state index is -4.76. The molecule has 0 aliphatic heterocycles. The van der Waals surface area contributed by atoms with Crippen molar-refractivity contribution in [1.82, 2.24) is 9.78 Å². The van der Waals surface area contributed by atoms with E-state index in [2.05, 4.69) is 9.84 Å². The van der Waals surface area contributed by atoms with E-state index in [1.165, 1.54) is 18.2 Å². The average molecular weight is 315 g/mol. The van der Waals surface area contributed by atoms with Crippen LogP contribution in [0.15, 0.2) is 30.6 Å². The Morgan fingerprint density at radius 3 is 2.64 bits per heavy atom. The van der Waals surface area contributed by atoms with E-state index >= 15 is 0 Å². The lowest BCUT2D eigenvalue weighted by Crippen LogP contribution is -2.17. The normalized spacial score (nSPS) is 11.5. The number of rotatable bonds is 6. The van der Waals surface area contributed by atoms with Crippen molar-refractivity contribution in [2.24, 2.45) is 5.73 Å². The fourth-order valence-corrected chi connectivity index (χ4v) is 1.93. The van der Waals surface area contributed by atoms with Gasteiger partial charge in [-0.1, -0.05) is 6.07 Å². The summed E-state index contributed by atoms with van der Waals surface area (Å²) in [7, 11) is 0. The molecule has 22 heavy (non-hydrogen) atoms. The molecule has 120 valence electrons. The van der Waals surface area contributed by atoms with E-state index in [9.17, 15) is 13.2 Å². The summed E-state index contributed by atoms with van der Waals surface area (Å²) in [5, 5.41) is 4.12. The minimum Gasteiger partial charge on any atom is -0.490 e. The standard InChI is InChI=1S/C14H16F3N3O2/c1-2-21-13-7-10(3-4-12(13)22-14(15,16)17)11-8-19-20(9-11)6-5-18/h3-4,7-9H,2,5-6,18H2,1H3. The summed E-state index contributed by atoms with van der Waals surface area (Å²) < 4.78 is 48.0. The second-order valence-electron chi connectivity index (χ2n) is 4.42. The number of benzene rings is 1. The molecule has 1 heterocycles. The van der Waals surface area contributed by atoms with Crippen molar-refractivity contribution in [1.29, 1.82) is 0 Å². The predicted molar refractivity (Wildman–Crippen MR) is 74.6 cm³/mol. The Morgan fingerprint density at radius 1 is 1.23 bits per heavy atom. The van der Waals surface area contributed by atoms with Crippen LogP contribution >= 0.6 is 0 Å². The molecular formula is C14H16F3N3O2. The summed E-state index contributed by atoms with van der Waals surface area (Å²) in [4.78, 5) is 0. The van der Waals surface area contributed by atoms with Crippen LogP contribution in [0.1, 0.15) is 6.92 Å². The lowest BCUT2D eigenvalue weighted by atomic mass is 10.1. The molecule has 0 aliphatic carbocycles. The average Bonchev–Trinajstić information content (AvgIpc) is 2.88. The van der Waals surface area contributed by atoms with Gasteiger partial charge in [0.05, 0.1) is 19.3 Å². The molecule has 0 unspecified atom stereocenters. The Morgan fingerprint density at radius 2 is 2.00 bits per heavy atom. The van der Waals surface area contributed by atoms with Crippen LogP contribution in [0, 0.1) is 0 Å². The molecule has 2 N–H and O–H groups in total. The molecule has 1 aromatic carbocycles. The number of ether oxygens (including phenoxy) is 2. The highest BCUT2D eigenvalue weighted by atomic mass is 19.4. The van der Waals surface area contributed by atoms with Crippen molar-refractivity contribution in [3.63, 3.8) is 0 Å². The molecule has 5 nitrogen and oxygen atoms in total. The number of halogens is 3. The maximum Gasteiger partial charge on any atom is 0.573 e. The van der Waals surface area contributed by atoms with E-state index in [4.69, 9.17) is 10.5 Å². The molecule has 0 bridgehead atoms. The van der Waals surface area contributed by atoms with Gasteiger partial charge in [-0.15, -0.1) is 13.2 Å². The summed E-state index contributed by atoms with van der Waals surface area (Å²) in [6.45, 7) is 2.92. The highest BCUT2D eigenvalue weighted by molar-refractivity contribution is 5.66. The molecule has 1 aromatic heterocycles. The number of nitrogens with two attached hydrogens (primary N) is 1. The summed E-state index contributed by atoms with van der Waals surface area (Å²) in [5.41, 5.74) is 6.89. The Labute approximate surface area is 125 Å². The zero-order valence-corrected chi connectivity index (χ0v) is 11.9. The van der Waals surface area contributed by atoms with Crippen molar-refractivity contribution < 1.29 is 22.6 Å². The van der Waals surface area contributed by atoms with Crippen molar-refractivity contribution in [3.05, 3.63) is 30.6 Å². The van der Waals surface area contributed by atoms with Gasteiger partial charge < -0.3 is 15.2 Å². The van der Waals surface area contributed by atoms with Crippen LogP contribution in [-0.2, 0) is 6.54 Å². The van der Waals surface area contributed by atoms with Gasteiger partial charge in [0.2, 0.25) is 0 Å². The van der Waals surface area contributed by atoms with E-state index in [1.807, 2.05) is 0 Å². The number of nitrogens with zero attached hydrogens (tertiary/aromatic N) is 2. The molecule has 8 heteroatoms. The quantitative estimate of drug-likeness (QED) is 0.890. The van der Waals surface area contributed by atoms with Crippen molar-refractivity contribution in [3.8, 4) is 22.6 Å². The van der Waals surface area contributed by atoms with Gasteiger partial charge in [0.25, 0.3) is 0 Å². The van der Waals surface area contributed by atoms with E-state index < -0.39 is 6.36 Å². The Balaban J connectivity index is 2.31. The molecular weight excluding hydrogens is 299 g/mol. The van der Waals surface area contributed by atoms with Crippen LogP contribution in [0.4, 0.5) is 13.2 Å². The minimum absolute atomic E-state index is 0.0314. The zero-order chi connectivity index (χ0) is 16.2. The maximum atomic E-state index is 12.4. The van der Waals surface area contributed by atoms with Gasteiger partial charge in [-0.2, -0.15) is 5.10 Å². The second kappa shape index (κ2) is 6.69. The zero-order valence-electron chi connectivity index (χ0n) is 11.9. The van der Waals surface area contributed by atoms with E-state index in [1.54, 1.807) is 24.0 Å². The number of alkyl halides is 3. The van der Waals surface area contributed by atoms with Gasteiger partial charge in [-0.25, -0.2) is 0 Å². The first-order valence-corrected chi connectivity index (χ1v) is 6.68. The third-order valence-electron chi connectivity index (χ3n) is 2.79. The van der Waals surface area contributed by atoms with E-state index in [0.29, 0.717) is 18.7 Å². The van der Waals surface area contributed by atoms with Crippen LogP contribution in [0.3, 0.4) is 0 Å². The second-order valence-corrected chi connectivity index (χ2v) is 4.42. The fraction of sp³-hybridized carbons (Fsp3) is 0.357. The molecule has 0 spiro atoms. The summed E-state index contributed by atoms with van der Waals surface area (Å²) in [5.74, 6) is -0.337. The van der Waals surface area contributed by atoms with Crippen molar-refractivity contribution in [2.75, 3.05) is 13.2 Å². The molecule has 0 radical (unpaired) electrons. The molecule has 2 rings (SSSR count). The highest BCUT2D eigenvalue weighted by Crippen LogP contribution is 2.35. The van der Waals surface area contributed by atoms with Gasteiger partial charge in [0.15, 0.2) is 11.5 Å². The SMILES string of the molecule is CCOc1cc(-c2cnn(CCN)c2)ccc1OC(F)(F)F. The van der Waals surface area contributed by atoms with Crippen LogP contribution in [0.5, 0.6) is 11.5 Å². The monoisotopic (exact) mass is 315 g/mol. The molecule has 0 atom stereocenters. The third kappa shape index (κ3) is 4.14. The first-order valence-electron chi connectivity index (χ1n) is 6.68. The Kier molecular flexibility index (Phi) is 4.92. The maximum absolute atomic E-state index is 12.4. The highest BCUT2D eigenvalue weighted by Gasteiger charge is 2.32. The molecule has 0 saturated heterocycles. The largest absolute Gasteiger partial charge is 0.573 e. The Bertz CT molecular complexity index is 626. The van der Waals surface area contributed by atoms with Crippen LogP contribution < -0.4 is 15.2 Å². The summed E-state index contributed by atoms with van der Waals surface area (Å²) in [6.07, 6.45) is -1.38. The van der Waals surface area contributed by atoms with Crippen LogP contribution in [0.2, 0.25) is 0 Å². The number of hydrogen-bond donors (Lipinski definition) is 1. The van der Waals surface area contributed by atoms with Gasteiger partial charge in [0.1, 0.15) is 0 Å². The lowest BCUT2D eigenvalue weighted by Gasteiger charge is -2.14.